The van der Waals surface area contributed by atoms with E-state index >= 15 is 0 Å². The van der Waals surface area contributed by atoms with E-state index in [1.165, 1.54) is 15.9 Å². The summed E-state index contributed by atoms with van der Waals surface area (Å²) in [5, 5.41) is 1.76. The summed E-state index contributed by atoms with van der Waals surface area (Å²) in [4.78, 5) is 19.8. The fraction of sp³-hybridized carbons (Fsp3) is 0.0833. The second-order valence-electron chi connectivity index (χ2n) is 3.73. The van der Waals surface area contributed by atoms with Gasteiger partial charge in [-0.25, -0.2) is 15.6 Å². The zero-order valence-electron chi connectivity index (χ0n) is 10.0. The van der Waals surface area contributed by atoms with Crippen molar-refractivity contribution in [1.29, 1.82) is 0 Å². The highest BCUT2D eigenvalue weighted by atomic mass is 35.5. The van der Waals surface area contributed by atoms with Crippen molar-refractivity contribution >= 4 is 17.5 Å². The van der Waals surface area contributed by atoms with Gasteiger partial charge < -0.3 is 0 Å². The van der Waals surface area contributed by atoms with Crippen LogP contribution in [-0.2, 0) is 0 Å². The third kappa shape index (κ3) is 2.98. The topological polar surface area (TPSA) is 77.0 Å². The molecule has 0 saturated carbocycles. The van der Waals surface area contributed by atoms with Gasteiger partial charge in [0.05, 0.1) is 12.2 Å². The minimum atomic E-state index is -0.480. The predicted octanol–water partition coefficient (Wildman–Crippen LogP) is 1.15. The molecule has 2 rings (SSSR count). The van der Waals surface area contributed by atoms with Crippen molar-refractivity contribution in [2.24, 2.45) is 5.84 Å². The first-order valence-corrected chi connectivity index (χ1v) is 5.84. The monoisotopic (exact) mass is 277 g/mol. The van der Waals surface area contributed by atoms with Crippen LogP contribution in [0.4, 0.5) is 5.95 Å². The van der Waals surface area contributed by atoms with Gasteiger partial charge in [0, 0.05) is 5.02 Å². The fourth-order valence-corrected chi connectivity index (χ4v) is 1.67. The maximum absolute atomic E-state index is 11.9. The molecule has 0 spiro atoms. The first-order chi connectivity index (χ1) is 9.11. The zero-order valence-corrected chi connectivity index (χ0v) is 10.8. The lowest BCUT2D eigenvalue weighted by Crippen LogP contribution is -2.35. The Hall–Kier alpha value is -2.18. The summed E-state index contributed by atoms with van der Waals surface area (Å²) in [6.07, 6.45) is 2.95. The summed E-state index contributed by atoms with van der Waals surface area (Å²) in [5.74, 6) is 5.80. The van der Waals surface area contributed by atoms with E-state index in [1.807, 2.05) is 0 Å². The van der Waals surface area contributed by atoms with Gasteiger partial charge in [-0.15, -0.1) is 6.58 Å². The second kappa shape index (κ2) is 5.64. The lowest BCUT2D eigenvalue weighted by molar-refractivity contribution is 0.799. The predicted molar refractivity (Wildman–Crippen MR) is 74.4 cm³/mol. The molecular formula is C12H12ClN5O. The van der Waals surface area contributed by atoms with Gasteiger partial charge in [0.25, 0.3) is 0 Å². The van der Waals surface area contributed by atoms with Crippen LogP contribution in [0.1, 0.15) is 0 Å². The Labute approximate surface area is 114 Å². The molecule has 1 aromatic heterocycles. The van der Waals surface area contributed by atoms with Gasteiger partial charge in [0.2, 0.25) is 5.95 Å². The van der Waals surface area contributed by atoms with Crippen LogP contribution in [0.3, 0.4) is 0 Å². The highest BCUT2D eigenvalue weighted by Crippen LogP contribution is 2.12. The summed E-state index contributed by atoms with van der Waals surface area (Å²) < 4.78 is 1.29. The number of anilines is 1. The maximum atomic E-state index is 11.9. The van der Waals surface area contributed by atoms with E-state index in [4.69, 9.17) is 17.4 Å². The Morgan fingerprint density at radius 1 is 1.53 bits per heavy atom. The van der Waals surface area contributed by atoms with Gasteiger partial charge in [-0.2, -0.15) is 4.98 Å². The highest BCUT2D eigenvalue weighted by Gasteiger charge is 2.07. The van der Waals surface area contributed by atoms with Crippen LogP contribution in [-0.4, -0.2) is 21.1 Å². The van der Waals surface area contributed by atoms with Gasteiger partial charge >= 0.3 is 5.69 Å². The van der Waals surface area contributed by atoms with Crippen molar-refractivity contribution in [3.63, 3.8) is 0 Å². The molecule has 7 heteroatoms. The number of benzene rings is 1. The van der Waals surface area contributed by atoms with E-state index < -0.39 is 5.69 Å². The van der Waals surface area contributed by atoms with Crippen molar-refractivity contribution in [2.75, 3.05) is 11.6 Å². The van der Waals surface area contributed by atoms with Crippen molar-refractivity contribution in [3.8, 4) is 5.69 Å². The van der Waals surface area contributed by atoms with Crippen LogP contribution < -0.4 is 16.5 Å². The lowest BCUT2D eigenvalue weighted by Gasteiger charge is -2.14. The Bertz CT molecular complexity index is 655. The quantitative estimate of drug-likeness (QED) is 0.515. The SMILES string of the molecule is C=CCN(N)c1ncn(-c2cccc(Cl)c2)c(=O)n1. The van der Waals surface area contributed by atoms with Crippen molar-refractivity contribution in [3.05, 3.63) is 58.8 Å². The average molecular weight is 278 g/mol. The molecular weight excluding hydrogens is 266 g/mol. The molecule has 0 unspecified atom stereocenters. The molecule has 0 bridgehead atoms. The molecule has 0 saturated heterocycles. The molecule has 19 heavy (non-hydrogen) atoms. The van der Waals surface area contributed by atoms with E-state index in [1.54, 1.807) is 30.3 Å². The Balaban J connectivity index is 2.40. The van der Waals surface area contributed by atoms with E-state index in [0.29, 0.717) is 17.3 Å². The number of hydrogen-bond acceptors (Lipinski definition) is 5. The number of nitrogens with two attached hydrogens (primary N) is 1. The largest absolute Gasteiger partial charge is 0.356 e. The first kappa shape index (κ1) is 13.3. The lowest BCUT2D eigenvalue weighted by atomic mass is 10.3. The van der Waals surface area contributed by atoms with Crippen LogP contribution in [0.2, 0.25) is 5.02 Å². The molecule has 2 N–H and O–H groups in total. The fourth-order valence-electron chi connectivity index (χ4n) is 1.49. The summed E-state index contributed by atoms with van der Waals surface area (Å²) in [6, 6.07) is 6.85. The van der Waals surface area contributed by atoms with Gasteiger partial charge in [0.1, 0.15) is 6.33 Å². The number of nitrogens with zero attached hydrogens (tertiary/aromatic N) is 4. The number of halogens is 1. The molecule has 98 valence electrons. The van der Waals surface area contributed by atoms with Crippen LogP contribution in [0.25, 0.3) is 5.69 Å². The number of hydrogen-bond donors (Lipinski definition) is 1. The molecule has 0 amide bonds. The summed E-state index contributed by atoms with van der Waals surface area (Å²) in [7, 11) is 0. The third-order valence-electron chi connectivity index (χ3n) is 2.36. The molecule has 6 nitrogen and oxygen atoms in total. The van der Waals surface area contributed by atoms with Crippen LogP contribution in [0.15, 0.2) is 48.0 Å². The maximum Gasteiger partial charge on any atom is 0.356 e. The van der Waals surface area contributed by atoms with Crippen molar-refractivity contribution < 1.29 is 0 Å². The minimum Gasteiger partial charge on any atom is -0.275 e. The molecule has 0 aliphatic carbocycles. The van der Waals surface area contributed by atoms with Gasteiger partial charge in [-0.3, -0.25) is 9.58 Å². The Kier molecular flexibility index (Phi) is 3.94. The normalized spacial score (nSPS) is 10.2. The highest BCUT2D eigenvalue weighted by molar-refractivity contribution is 6.30. The number of aromatic nitrogens is 3. The standard InChI is InChI=1S/C12H12ClN5O/c1-2-6-18(14)11-15-8-17(12(19)16-11)10-5-3-4-9(13)7-10/h2-5,7-8H,1,6,14H2. The molecule has 0 atom stereocenters. The molecule has 0 radical (unpaired) electrons. The number of rotatable bonds is 4. The third-order valence-corrected chi connectivity index (χ3v) is 2.59. The second-order valence-corrected chi connectivity index (χ2v) is 4.17. The van der Waals surface area contributed by atoms with Gasteiger partial charge in [-0.1, -0.05) is 23.7 Å². The van der Waals surface area contributed by atoms with Crippen LogP contribution in [0, 0.1) is 0 Å². The van der Waals surface area contributed by atoms with Crippen LogP contribution in [0.5, 0.6) is 0 Å². The number of hydrazine groups is 1. The first-order valence-electron chi connectivity index (χ1n) is 5.46. The Morgan fingerprint density at radius 2 is 2.32 bits per heavy atom. The zero-order chi connectivity index (χ0) is 13.8. The van der Waals surface area contributed by atoms with Crippen LogP contribution >= 0.6 is 11.6 Å². The summed E-state index contributed by atoms with van der Waals surface area (Å²) in [6.45, 7) is 3.90. The molecule has 1 aromatic carbocycles. The van der Waals surface area contributed by atoms with Gasteiger partial charge in [-0.05, 0) is 18.2 Å². The van der Waals surface area contributed by atoms with E-state index in [2.05, 4.69) is 16.5 Å². The molecule has 1 heterocycles. The average Bonchev–Trinajstić information content (AvgIpc) is 2.38. The van der Waals surface area contributed by atoms with E-state index in [0.717, 1.165) is 0 Å². The van der Waals surface area contributed by atoms with Crippen molar-refractivity contribution in [2.45, 2.75) is 0 Å². The molecule has 0 aliphatic rings. The minimum absolute atomic E-state index is 0.142. The summed E-state index contributed by atoms with van der Waals surface area (Å²) >= 11 is 5.87. The smallest absolute Gasteiger partial charge is 0.275 e. The van der Waals surface area contributed by atoms with Gasteiger partial charge in [0.15, 0.2) is 0 Å². The summed E-state index contributed by atoms with van der Waals surface area (Å²) in [5.41, 5.74) is 0.114. The Morgan fingerprint density at radius 3 is 2.95 bits per heavy atom. The van der Waals surface area contributed by atoms with E-state index in [9.17, 15) is 4.79 Å². The molecule has 2 aromatic rings. The van der Waals surface area contributed by atoms with E-state index in [-0.39, 0.29) is 5.95 Å². The molecule has 0 fully saturated rings. The van der Waals surface area contributed by atoms with Crippen molar-refractivity contribution in [1.82, 2.24) is 14.5 Å². The molecule has 0 aliphatic heterocycles.